The lowest BCUT2D eigenvalue weighted by molar-refractivity contribution is 0.982. The molecule has 0 saturated heterocycles. The standard InChI is InChI=1S/C10H13N3/c1-4-9-5-6-12-13-10(9)7-8(2)11-3/h4-7H,1-3H3/b9-4-,10-7+,11-8-. The second-order valence-corrected chi connectivity index (χ2v) is 2.67. The van der Waals surface area contributed by atoms with Gasteiger partial charge in [-0.05, 0) is 31.2 Å². The van der Waals surface area contributed by atoms with Gasteiger partial charge in [0.2, 0.25) is 0 Å². The predicted octanol–water partition coefficient (Wildman–Crippen LogP) is 0.148. The van der Waals surface area contributed by atoms with Crippen LogP contribution in [0.4, 0.5) is 0 Å². The Morgan fingerprint density at radius 2 is 2.31 bits per heavy atom. The van der Waals surface area contributed by atoms with E-state index in [2.05, 4.69) is 15.2 Å². The Balaban J connectivity index is 3.38. The van der Waals surface area contributed by atoms with Gasteiger partial charge in [-0.1, -0.05) is 6.08 Å². The van der Waals surface area contributed by atoms with Crippen molar-refractivity contribution in [3.63, 3.8) is 0 Å². The fourth-order valence-corrected chi connectivity index (χ4v) is 0.971. The van der Waals surface area contributed by atoms with Crippen molar-refractivity contribution in [2.75, 3.05) is 7.05 Å². The zero-order valence-electron chi connectivity index (χ0n) is 8.15. The highest BCUT2D eigenvalue weighted by molar-refractivity contribution is 6.08. The molecule has 0 atom stereocenters. The van der Waals surface area contributed by atoms with Gasteiger partial charge in [0.25, 0.3) is 0 Å². The molecule has 0 unspecified atom stereocenters. The van der Waals surface area contributed by atoms with Crippen molar-refractivity contribution in [3.8, 4) is 0 Å². The van der Waals surface area contributed by atoms with E-state index in [0.717, 1.165) is 16.3 Å². The molecule has 3 heteroatoms. The maximum absolute atomic E-state index is 4.04. The van der Waals surface area contributed by atoms with Crippen LogP contribution in [-0.2, 0) is 0 Å². The van der Waals surface area contributed by atoms with Gasteiger partial charge in [-0.3, -0.25) is 4.99 Å². The smallest absolute Gasteiger partial charge is 0.0944 e. The summed E-state index contributed by atoms with van der Waals surface area (Å²) in [6, 6.07) is 1.93. The Morgan fingerprint density at radius 1 is 1.54 bits per heavy atom. The molecule has 68 valence electrons. The SMILES string of the molecule is C/C=c1/ccnn/c1=C/C(C)=N\C. The molecule has 0 fully saturated rings. The molecule has 1 aromatic heterocycles. The molecular formula is C10H13N3. The topological polar surface area (TPSA) is 38.1 Å². The predicted molar refractivity (Wildman–Crippen MR) is 54.9 cm³/mol. The van der Waals surface area contributed by atoms with Crippen LogP contribution >= 0.6 is 0 Å². The molecule has 0 aliphatic heterocycles. The lowest BCUT2D eigenvalue weighted by Gasteiger charge is -1.88. The van der Waals surface area contributed by atoms with Crippen LogP contribution in [0, 0.1) is 0 Å². The third-order valence-corrected chi connectivity index (χ3v) is 1.79. The fourth-order valence-electron chi connectivity index (χ4n) is 0.971. The number of nitrogens with zero attached hydrogens (tertiary/aromatic N) is 3. The summed E-state index contributed by atoms with van der Waals surface area (Å²) in [5.41, 5.74) is 0.948. The molecule has 3 nitrogen and oxygen atoms in total. The lowest BCUT2D eigenvalue weighted by Crippen LogP contribution is -2.29. The first-order valence-corrected chi connectivity index (χ1v) is 4.17. The average molecular weight is 175 g/mol. The van der Waals surface area contributed by atoms with Crippen LogP contribution in [0.1, 0.15) is 13.8 Å². The number of aromatic nitrogens is 2. The van der Waals surface area contributed by atoms with Gasteiger partial charge in [0.1, 0.15) is 0 Å². The van der Waals surface area contributed by atoms with Gasteiger partial charge in [-0.25, -0.2) is 0 Å². The van der Waals surface area contributed by atoms with E-state index in [9.17, 15) is 0 Å². The van der Waals surface area contributed by atoms with Gasteiger partial charge in [0.15, 0.2) is 0 Å². The Morgan fingerprint density at radius 3 is 2.92 bits per heavy atom. The summed E-state index contributed by atoms with van der Waals surface area (Å²) in [5.74, 6) is 0. The summed E-state index contributed by atoms with van der Waals surface area (Å²) in [5, 5.41) is 9.79. The van der Waals surface area contributed by atoms with E-state index in [1.165, 1.54) is 0 Å². The van der Waals surface area contributed by atoms with Crippen LogP contribution in [-0.4, -0.2) is 23.0 Å². The molecule has 0 bridgehead atoms. The van der Waals surface area contributed by atoms with Crippen molar-refractivity contribution in [1.29, 1.82) is 0 Å². The third-order valence-electron chi connectivity index (χ3n) is 1.79. The molecule has 0 saturated carbocycles. The summed E-state index contributed by atoms with van der Waals surface area (Å²) in [6.07, 6.45) is 5.61. The summed E-state index contributed by atoms with van der Waals surface area (Å²) >= 11 is 0. The van der Waals surface area contributed by atoms with Crippen molar-refractivity contribution in [2.24, 2.45) is 4.99 Å². The number of hydrogen-bond acceptors (Lipinski definition) is 3. The Kier molecular flexibility index (Phi) is 3.31. The second-order valence-electron chi connectivity index (χ2n) is 2.67. The molecule has 13 heavy (non-hydrogen) atoms. The van der Waals surface area contributed by atoms with Crippen LogP contribution in [0.5, 0.6) is 0 Å². The van der Waals surface area contributed by atoms with Crippen LogP contribution in [0.2, 0.25) is 0 Å². The first-order valence-electron chi connectivity index (χ1n) is 4.17. The number of rotatable bonds is 1. The zero-order chi connectivity index (χ0) is 9.68. The van der Waals surface area contributed by atoms with Gasteiger partial charge in [0, 0.05) is 12.8 Å². The maximum atomic E-state index is 4.04. The summed E-state index contributed by atoms with van der Waals surface area (Å²) in [6.45, 7) is 3.92. The molecule has 0 N–H and O–H groups in total. The summed E-state index contributed by atoms with van der Waals surface area (Å²) < 4.78 is 0. The second kappa shape index (κ2) is 4.50. The van der Waals surface area contributed by atoms with E-state index >= 15 is 0 Å². The molecule has 0 amide bonds. The van der Waals surface area contributed by atoms with Crippen molar-refractivity contribution in [1.82, 2.24) is 10.2 Å². The van der Waals surface area contributed by atoms with Crippen molar-refractivity contribution >= 4 is 17.9 Å². The Bertz CT molecular complexity index is 418. The van der Waals surface area contributed by atoms with E-state index in [4.69, 9.17) is 0 Å². The van der Waals surface area contributed by atoms with Crippen LogP contribution < -0.4 is 10.6 Å². The van der Waals surface area contributed by atoms with E-state index in [1.54, 1.807) is 13.2 Å². The quantitative estimate of drug-likeness (QED) is 0.570. The fraction of sp³-hybridized carbons (Fsp3) is 0.300. The Hall–Kier alpha value is -1.51. The van der Waals surface area contributed by atoms with E-state index in [-0.39, 0.29) is 0 Å². The number of hydrogen-bond donors (Lipinski definition) is 0. The largest absolute Gasteiger partial charge is 0.293 e. The van der Waals surface area contributed by atoms with Gasteiger partial charge in [-0.2, -0.15) is 10.2 Å². The molecule has 0 aliphatic carbocycles. The third kappa shape index (κ3) is 2.47. The van der Waals surface area contributed by atoms with Gasteiger partial charge in [0.05, 0.1) is 11.5 Å². The van der Waals surface area contributed by atoms with Crippen molar-refractivity contribution in [2.45, 2.75) is 13.8 Å². The molecule has 0 spiro atoms. The monoisotopic (exact) mass is 175 g/mol. The highest BCUT2D eigenvalue weighted by atomic mass is 15.1. The van der Waals surface area contributed by atoms with E-state index in [0.29, 0.717) is 0 Å². The highest BCUT2D eigenvalue weighted by Crippen LogP contribution is 1.73. The zero-order valence-corrected chi connectivity index (χ0v) is 8.15. The minimum absolute atomic E-state index is 0.869. The molecule has 0 aromatic carbocycles. The maximum Gasteiger partial charge on any atom is 0.0944 e. The summed E-state index contributed by atoms with van der Waals surface area (Å²) in [7, 11) is 1.76. The Labute approximate surface area is 77.5 Å². The minimum atomic E-state index is 0.869. The molecule has 1 rings (SSSR count). The normalized spacial score (nSPS) is 15.2. The molecular weight excluding hydrogens is 162 g/mol. The molecule has 0 aliphatic rings. The van der Waals surface area contributed by atoms with Gasteiger partial charge >= 0.3 is 0 Å². The first kappa shape index (κ1) is 9.58. The average Bonchev–Trinajstić information content (AvgIpc) is 2.18. The van der Waals surface area contributed by atoms with Crippen LogP contribution in [0.3, 0.4) is 0 Å². The summed E-state index contributed by atoms with van der Waals surface area (Å²) in [4.78, 5) is 4.04. The van der Waals surface area contributed by atoms with Gasteiger partial charge in [-0.15, -0.1) is 0 Å². The lowest BCUT2D eigenvalue weighted by atomic mass is 10.3. The minimum Gasteiger partial charge on any atom is -0.293 e. The van der Waals surface area contributed by atoms with Crippen molar-refractivity contribution < 1.29 is 0 Å². The van der Waals surface area contributed by atoms with E-state index < -0.39 is 0 Å². The van der Waals surface area contributed by atoms with Gasteiger partial charge < -0.3 is 0 Å². The number of aliphatic imine (C=N–C) groups is 1. The van der Waals surface area contributed by atoms with Crippen molar-refractivity contribution in [3.05, 3.63) is 22.8 Å². The molecule has 1 heterocycles. The highest BCUT2D eigenvalue weighted by Gasteiger charge is 1.86. The molecule has 0 radical (unpaired) electrons. The van der Waals surface area contributed by atoms with E-state index in [1.807, 2.05) is 32.1 Å². The van der Waals surface area contributed by atoms with Crippen LogP contribution in [0.15, 0.2) is 17.3 Å². The molecule has 1 aromatic rings. The first-order chi connectivity index (χ1) is 6.27. The van der Waals surface area contributed by atoms with Crippen LogP contribution in [0.25, 0.3) is 12.2 Å².